The predicted molar refractivity (Wildman–Crippen MR) is 63.1 cm³/mol. The Morgan fingerprint density at radius 2 is 2.18 bits per heavy atom. The van der Waals surface area contributed by atoms with Crippen LogP contribution >= 0.6 is 0 Å². The zero-order valence-corrected chi connectivity index (χ0v) is 9.73. The first-order valence-corrected chi connectivity index (χ1v) is 5.68. The van der Waals surface area contributed by atoms with Gasteiger partial charge in [-0.3, -0.25) is 9.59 Å². The zero-order valence-electron chi connectivity index (χ0n) is 9.73. The summed E-state index contributed by atoms with van der Waals surface area (Å²) >= 11 is 0. The van der Waals surface area contributed by atoms with Crippen molar-refractivity contribution in [3.8, 4) is 5.75 Å². The Hall–Kier alpha value is -1.84. The molecule has 0 spiro atoms. The molecular weight excluding hydrogens is 218 g/mol. The van der Waals surface area contributed by atoms with Gasteiger partial charge in [-0.05, 0) is 31.9 Å². The molecule has 0 saturated heterocycles. The maximum absolute atomic E-state index is 11.4. The number of ether oxygens (including phenoxy) is 1. The van der Waals surface area contributed by atoms with E-state index in [4.69, 9.17) is 4.74 Å². The van der Waals surface area contributed by atoms with Gasteiger partial charge in [0.15, 0.2) is 12.4 Å². The minimum Gasteiger partial charge on any atom is -0.484 e. The highest BCUT2D eigenvalue weighted by Crippen LogP contribution is 2.18. The molecule has 1 saturated carbocycles. The summed E-state index contributed by atoms with van der Waals surface area (Å²) in [5, 5.41) is 2.83. The van der Waals surface area contributed by atoms with Gasteiger partial charge < -0.3 is 10.1 Å². The molecule has 90 valence electrons. The van der Waals surface area contributed by atoms with E-state index in [0.717, 1.165) is 12.8 Å². The summed E-state index contributed by atoms with van der Waals surface area (Å²) in [5.74, 6) is 0.419. The van der Waals surface area contributed by atoms with Crippen LogP contribution in [0, 0.1) is 0 Å². The smallest absolute Gasteiger partial charge is 0.258 e. The van der Waals surface area contributed by atoms with Crippen molar-refractivity contribution in [1.29, 1.82) is 0 Å². The van der Waals surface area contributed by atoms with Crippen LogP contribution in [0.25, 0.3) is 0 Å². The summed E-state index contributed by atoms with van der Waals surface area (Å²) in [4.78, 5) is 22.5. The fraction of sp³-hybridized carbons (Fsp3) is 0.385. The average Bonchev–Trinajstić information content (AvgIpc) is 3.11. The molecule has 0 atom stereocenters. The van der Waals surface area contributed by atoms with Crippen LogP contribution in [0.1, 0.15) is 30.1 Å². The molecule has 0 aromatic heterocycles. The van der Waals surface area contributed by atoms with Crippen molar-refractivity contribution in [3.05, 3.63) is 29.8 Å². The van der Waals surface area contributed by atoms with Gasteiger partial charge in [-0.2, -0.15) is 0 Å². The van der Waals surface area contributed by atoms with E-state index in [0.29, 0.717) is 17.4 Å². The number of amides is 1. The second-order valence-electron chi connectivity index (χ2n) is 4.21. The molecule has 4 heteroatoms. The van der Waals surface area contributed by atoms with E-state index in [-0.39, 0.29) is 18.3 Å². The molecule has 0 unspecified atom stereocenters. The monoisotopic (exact) mass is 233 g/mol. The normalized spacial score (nSPS) is 14.2. The van der Waals surface area contributed by atoms with E-state index in [1.807, 2.05) is 0 Å². The van der Waals surface area contributed by atoms with Crippen molar-refractivity contribution in [2.75, 3.05) is 6.61 Å². The first-order chi connectivity index (χ1) is 8.15. The molecule has 1 fully saturated rings. The van der Waals surface area contributed by atoms with Gasteiger partial charge in [0.25, 0.3) is 5.91 Å². The van der Waals surface area contributed by atoms with Crippen LogP contribution in [0.5, 0.6) is 5.75 Å². The van der Waals surface area contributed by atoms with Crippen molar-refractivity contribution >= 4 is 11.7 Å². The SMILES string of the molecule is CC(=O)c1cccc(OCC(=O)NC2CC2)c1. The quantitative estimate of drug-likeness (QED) is 0.785. The minimum absolute atomic E-state index is 0.00212. The highest BCUT2D eigenvalue weighted by atomic mass is 16.5. The molecule has 1 aromatic rings. The Morgan fingerprint density at radius 1 is 1.41 bits per heavy atom. The highest BCUT2D eigenvalue weighted by molar-refractivity contribution is 5.94. The van der Waals surface area contributed by atoms with E-state index >= 15 is 0 Å². The largest absolute Gasteiger partial charge is 0.484 e. The van der Waals surface area contributed by atoms with Crippen molar-refractivity contribution in [2.24, 2.45) is 0 Å². The van der Waals surface area contributed by atoms with Gasteiger partial charge in [-0.1, -0.05) is 12.1 Å². The van der Waals surface area contributed by atoms with Crippen LogP contribution in [-0.2, 0) is 4.79 Å². The Morgan fingerprint density at radius 3 is 2.82 bits per heavy atom. The Balaban J connectivity index is 1.87. The first-order valence-electron chi connectivity index (χ1n) is 5.68. The second-order valence-corrected chi connectivity index (χ2v) is 4.21. The molecule has 0 heterocycles. The minimum atomic E-state index is -0.110. The third-order valence-corrected chi connectivity index (χ3v) is 2.55. The number of hydrogen-bond donors (Lipinski definition) is 1. The van der Waals surface area contributed by atoms with E-state index in [1.54, 1.807) is 24.3 Å². The molecule has 1 amide bonds. The van der Waals surface area contributed by atoms with Crippen LogP contribution in [0.3, 0.4) is 0 Å². The number of benzene rings is 1. The molecule has 1 aromatic carbocycles. The van der Waals surface area contributed by atoms with Gasteiger partial charge in [0.1, 0.15) is 5.75 Å². The van der Waals surface area contributed by atoms with Crippen LogP contribution in [-0.4, -0.2) is 24.3 Å². The van der Waals surface area contributed by atoms with Gasteiger partial charge in [-0.25, -0.2) is 0 Å². The lowest BCUT2D eigenvalue weighted by atomic mass is 10.1. The number of carbonyl (C=O) groups excluding carboxylic acids is 2. The number of Topliss-reactive ketones (excluding diaryl/α,β-unsaturated/α-hetero) is 1. The maximum atomic E-state index is 11.4. The third kappa shape index (κ3) is 3.59. The van der Waals surface area contributed by atoms with Crippen molar-refractivity contribution < 1.29 is 14.3 Å². The van der Waals surface area contributed by atoms with E-state index in [2.05, 4.69) is 5.32 Å². The molecule has 0 radical (unpaired) electrons. The van der Waals surface area contributed by atoms with Gasteiger partial charge in [-0.15, -0.1) is 0 Å². The Labute approximate surface area is 100.0 Å². The zero-order chi connectivity index (χ0) is 12.3. The van der Waals surface area contributed by atoms with E-state index in [9.17, 15) is 9.59 Å². The van der Waals surface area contributed by atoms with Gasteiger partial charge in [0, 0.05) is 11.6 Å². The number of hydrogen-bond acceptors (Lipinski definition) is 3. The molecular formula is C13H15NO3. The molecule has 0 bridgehead atoms. The molecule has 1 aliphatic rings. The molecule has 0 aliphatic heterocycles. The van der Waals surface area contributed by atoms with E-state index in [1.165, 1.54) is 6.92 Å². The molecule has 17 heavy (non-hydrogen) atoms. The van der Waals surface area contributed by atoms with Crippen molar-refractivity contribution in [2.45, 2.75) is 25.8 Å². The fourth-order valence-electron chi connectivity index (χ4n) is 1.45. The summed E-state index contributed by atoms with van der Waals surface area (Å²) in [7, 11) is 0. The van der Waals surface area contributed by atoms with Crippen LogP contribution in [0.4, 0.5) is 0 Å². The number of ketones is 1. The highest BCUT2D eigenvalue weighted by Gasteiger charge is 2.23. The molecule has 2 rings (SSSR count). The lowest BCUT2D eigenvalue weighted by Gasteiger charge is -2.07. The van der Waals surface area contributed by atoms with Gasteiger partial charge >= 0.3 is 0 Å². The van der Waals surface area contributed by atoms with Crippen LogP contribution in [0.2, 0.25) is 0 Å². The number of carbonyl (C=O) groups is 2. The maximum Gasteiger partial charge on any atom is 0.258 e. The molecule has 1 N–H and O–H groups in total. The van der Waals surface area contributed by atoms with Crippen molar-refractivity contribution in [1.82, 2.24) is 5.32 Å². The molecule has 1 aliphatic carbocycles. The van der Waals surface area contributed by atoms with E-state index < -0.39 is 0 Å². The predicted octanol–water partition coefficient (Wildman–Crippen LogP) is 1.55. The average molecular weight is 233 g/mol. The summed E-state index contributed by atoms with van der Waals surface area (Å²) in [6, 6.07) is 7.18. The standard InChI is InChI=1S/C13H15NO3/c1-9(15)10-3-2-4-12(7-10)17-8-13(16)14-11-5-6-11/h2-4,7,11H,5-6,8H2,1H3,(H,14,16). The number of nitrogens with one attached hydrogen (secondary N) is 1. The summed E-state index contributed by atoms with van der Waals surface area (Å²) in [6.45, 7) is 1.50. The fourth-order valence-corrected chi connectivity index (χ4v) is 1.45. The van der Waals surface area contributed by atoms with Crippen LogP contribution < -0.4 is 10.1 Å². The Bertz CT molecular complexity index is 438. The summed E-state index contributed by atoms with van der Waals surface area (Å²) in [5.41, 5.74) is 0.588. The second kappa shape index (κ2) is 4.99. The van der Waals surface area contributed by atoms with Crippen molar-refractivity contribution in [3.63, 3.8) is 0 Å². The van der Waals surface area contributed by atoms with Crippen LogP contribution in [0.15, 0.2) is 24.3 Å². The lowest BCUT2D eigenvalue weighted by Crippen LogP contribution is -2.30. The van der Waals surface area contributed by atoms with Gasteiger partial charge in [0.2, 0.25) is 0 Å². The third-order valence-electron chi connectivity index (χ3n) is 2.55. The molecule has 4 nitrogen and oxygen atoms in total. The van der Waals surface area contributed by atoms with Gasteiger partial charge in [0.05, 0.1) is 0 Å². The summed E-state index contributed by atoms with van der Waals surface area (Å²) in [6.07, 6.45) is 2.12. The summed E-state index contributed by atoms with van der Waals surface area (Å²) < 4.78 is 5.32. The topological polar surface area (TPSA) is 55.4 Å². The Kier molecular flexibility index (Phi) is 3.42. The first kappa shape index (κ1) is 11.6. The lowest BCUT2D eigenvalue weighted by molar-refractivity contribution is -0.123. The number of rotatable bonds is 5.